The van der Waals surface area contributed by atoms with Crippen LogP contribution in [0.3, 0.4) is 0 Å². The summed E-state index contributed by atoms with van der Waals surface area (Å²) in [7, 11) is 0. The Hall–Kier alpha value is -2.31. The molecule has 1 heterocycles. The number of nitrogens with zero attached hydrogens (tertiary/aromatic N) is 2. The summed E-state index contributed by atoms with van der Waals surface area (Å²) >= 11 is 0. The lowest BCUT2D eigenvalue weighted by Gasteiger charge is -2.25. The summed E-state index contributed by atoms with van der Waals surface area (Å²) in [6, 6.07) is 19.1. The van der Waals surface area contributed by atoms with Gasteiger partial charge in [-0.05, 0) is 61.7 Å². The van der Waals surface area contributed by atoms with Crippen LogP contribution in [0.5, 0.6) is 5.75 Å². The molecule has 2 aromatic carbocycles. The maximum atomic E-state index is 8.89. The third-order valence-corrected chi connectivity index (χ3v) is 4.41. The van der Waals surface area contributed by atoms with Gasteiger partial charge < -0.3 is 4.74 Å². The van der Waals surface area contributed by atoms with Crippen molar-refractivity contribution in [1.29, 1.82) is 5.26 Å². The monoisotopic (exact) mass is 306 g/mol. The molecule has 1 saturated heterocycles. The van der Waals surface area contributed by atoms with Crippen molar-refractivity contribution >= 4 is 0 Å². The summed E-state index contributed by atoms with van der Waals surface area (Å²) in [5.41, 5.74) is 3.35. The van der Waals surface area contributed by atoms with Gasteiger partial charge in [-0.3, -0.25) is 4.90 Å². The summed E-state index contributed by atoms with van der Waals surface area (Å²) in [5.74, 6) is 0.938. The Balaban J connectivity index is 1.70. The largest absolute Gasteiger partial charge is 0.494 e. The highest BCUT2D eigenvalue weighted by Gasteiger charge is 2.25. The molecule has 0 bridgehead atoms. The number of hydrogen-bond donors (Lipinski definition) is 0. The Labute approximate surface area is 138 Å². The molecular formula is C20H22N2O. The molecule has 3 nitrogen and oxygen atoms in total. The van der Waals surface area contributed by atoms with Crippen molar-refractivity contribution in [3.63, 3.8) is 0 Å². The van der Waals surface area contributed by atoms with E-state index in [-0.39, 0.29) is 0 Å². The van der Waals surface area contributed by atoms with Crippen molar-refractivity contribution in [3.05, 3.63) is 65.2 Å². The normalized spacial score (nSPS) is 17.8. The van der Waals surface area contributed by atoms with Crippen molar-refractivity contribution in [2.75, 3.05) is 13.2 Å². The van der Waals surface area contributed by atoms with Gasteiger partial charge in [0, 0.05) is 12.6 Å². The van der Waals surface area contributed by atoms with Crippen molar-refractivity contribution < 1.29 is 4.74 Å². The lowest BCUT2D eigenvalue weighted by atomic mass is 10.0. The van der Waals surface area contributed by atoms with E-state index in [2.05, 4.69) is 47.4 Å². The molecular weight excluding hydrogens is 284 g/mol. The molecule has 0 aromatic heterocycles. The maximum absolute atomic E-state index is 8.89. The van der Waals surface area contributed by atoms with Crippen molar-refractivity contribution in [3.8, 4) is 11.8 Å². The lowest BCUT2D eigenvalue weighted by molar-refractivity contribution is 0.248. The SMILES string of the molecule is CCOc1ccc(C2CCCN2Cc2ccc(C#N)cc2)cc1. The maximum Gasteiger partial charge on any atom is 0.119 e. The molecule has 23 heavy (non-hydrogen) atoms. The first-order valence-electron chi connectivity index (χ1n) is 8.26. The molecule has 0 N–H and O–H groups in total. The third kappa shape index (κ3) is 3.72. The Morgan fingerprint density at radius 2 is 1.87 bits per heavy atom. The number of ether oxygens (including phenoxy) is 1. The quantitative estimate of drug-likeness (QED) is 0.826. The highest BCUT2D eigenvalue weighted by molar-refractivity contribution is 5.32. The highest BCUT2D eigenvalue weighted by atomic mass is 16.5. The number of nitriles is 1. The zero-order valence-corrected chi connectivity index (χ0v) is 13.5. The first kappa shape index (κ1) is 15.6. The van der Waals surface area contributed by atoms with E-state index in [1.807, 2.05) is 19.1 Å². The van der Waals surface area contributed by atoms with Gasteiger partial charge in [-0.25, -0.2) is 0 Å². The molecule has 1 unspecified atom stereocenters. The molecule has 1 aliphatic heterocycles. The van der Waals surface area contributed by atoms with Gasteiger partial charge in [0.15, 0.2) is 0 Å². The fraction of sp³-hybridized carbons (Fsp3) is 0.350. The topological polar surface area (TPSA) is 36.3 Å². The van der Waals surface area contributed by atoms with Crippen molar-refractivity contribution in [1.82, 2.24) is 4.90 Å². The van der Waals surface area contributed by atoms with Gasteiger partial charge in [-0.2, -0.15) is 5.26 Å². The van der Waals surface area contributed by atoms with E-state index in [0.29, 0.717) is 12.6 Å². The van der Waals surface area contributed by atoms with Gasteiger partial charge >= 0.3 is 0 Å². The fourth-order valence-electron chi connectivity index (χ4n) is 3.26. The van der Waals surface area contributed by atoms with E-state index >= 15 is 0 Å². The van der Waals surface area contributed by atoms with Crippen LogP contribution in [0.4, 0.5) is 0 Å². The number of benzene rings is 2. The van der Waals surface area contributed by atoms with E-state index in [1.165, 1.54) is 24.0 Å². The van der Waals surface area contributed by atoms with Crippen molar-refractivity contribution in [2.24, 2.45) is 0 Å². The summed E-state index contributed by atoms with van der Waals surface area (Å²) in [4.78, 5) is 2.52. The first-order chi connectivity index (χ1) is 11.3. The van der Waals surface area contributed by atoms with Crippen LogP contribution in [-0.2, 0) is 6.54 Å². The Morgan fingerprint density at radius 1 is 1.13 bits per heavy atom. The zero-order valence-electron chi connectivity index (χ0n) is 13.5. The van der Waals surface area contributed by atoms with Crippen LogP contribution in [0.2, 0.25) is 0 Å². The summed E-state index contributed by atoms with van der Waals surface area (Å²) < 4.78 is 5.53. The lowest BCUT2D eigenvalue weighted by Crippen LogP contribution is -2.22. The predicted molar refractivity (Wildman–Crippen MR) is 91.2 cm³/mol. The van der Waals surface area contributed by atoms with E-state index in [9.17, 15) is 0 Å². The summed E-state index contributed by atoms with van der Waals surface area (Å²) in [6.45, 7) is 4.76. The Morgan fingerprint density at radius 3 is 2.52 bits per heavy atom. The number of hydrogen-bond acceptors (Lipinski definition) is 3. The molecule has 3 rings (SSSR count). The molecule has 0 amide bonds. The van der Waals surface area contributed by atoms with E-state index < -0.39 is 0 Å². The molecule has 0 saturated carbocycles. The van der Waals surface area contributed by atoms with E-state index in [1.54, 1.807) is 0 Å². The molecule has 1 atom stereocenters. The van der Waals surface area contributed by atoms with Crippen molar-refractivity contribution in [2.45, 2.75) is 32.4 Å². The second-order valence-electron chi connectivity index (χ2n) is 5.94. The zero-order chi connectivity index (χ0) is 16.1. The van der Waals surface area contributed by atoms with Crippen LogP contribution >= 0.6 is 0 Å². The first-order valence-corrected chi connectivity index (χ1v) is 8.26. The van der Waals surface area contributed by atoms with Gasteiger partial charge in [-0.1, -0.05) is 24.3 Å². The molecule has 1 fully saturated rings. The fourth-order valence-corrected chi connectivity index (χ4v) is 3.26. The average molecular weight is 306 g/mol. The minimum Gasteiger partial charge on any atom is -0.494 e. The molecule has 118 valence electrons. The Kier molecular flexibility index (Phi) is 4.95. The highest BCUT2D eigenvalue weighted by Crippen LogP contribution is 2.33. The van der Waals surface area contributed by atoms with Gasteiger partial charge in [0.1, 0.15) is 5.75 Å². The minimum absolute atomic E-state index is 0.473. The van der Waals surface area contributed by atoms with Crippen LogP contribution in [-0.4, -0.2) is 18.1 Å². The van der Waals surface area contributed by atoms with Gasteiger partial charge in [0.25, 0.3) is 0 Å². The number of likely N-dealkylation sites (tertiary alicyclic amines) is 1. The second-order valence-corrected chi connectivity index (χ2v) is 5.94. The predicted octanol–water partition coefficient (Wildman–Crippen LogP) is 4.29. The second kappa shape index (κ2) is 7.30. The van der Waals surface area contributed by atoms with Gasteiger partial charge in [-0.15, -0.1) is 0 Å². The molecule has 0 aliphatic carbocycles. The molecule has 0 radical (unpaired) electrons. The standard InChI is InChI=1S/C20H22N2O/c1-2-23-19-11-9-18(10-12-19)20-4-3-13-22(20)15-17-7-5-16(14-21)6-8-17/h5-12,20H,2-4,13,15H2,1H3. The molecule has 1 aliphatic rings. The smallest absolute Gasteiger partial charge is 0.119 e. The average Bonchev–Trinajstić information content (AvgIpc) is 3.05. The van der Waals surface area contributed by atoms with Crippen LogP contribution < -0.4 is 4.74 Å². The Bertz CT molecular complexity index is 670. The van der Waals surface area contributed by atoms with Gasteiger partial charge in [0.2, 0.25) is 0 Å². The minimum atomic E-state index is 0.473. The summed E-state index contributed by atoms with van der Waals surface area (Å²) in [5, 5.41) is 8.89. The van der Waals surface area contributed by atoms with Crippen LogP contribution in [0.15, 0.2) is 48.5 Å². The van der Waals surface area contributed by atoms with Gasteiger partial charge in [0.05, 0.1) is 18.2 Å². The van der Waals surface area contributed by atoms with Crippen LogP contribution in [0.1, 0.15) is 42.5 Å². The van der Waals surface area contributed by atoms with E-state index in [0.717, 1.165) is 24.4 Å². The third-order valence-electron chi connectivity index (χ3n) is 4.41. The molecule has 2 aromatic rings. The number of rotatable bonds is 5. The van der Waals surface area contributed by atoms with Crippen LogP contribution in [0.25, 0.3) is 0 Å². The van der Waals surface area contributed by atoms with E-state index in [4.69, 9.17) is 10.00 Å². The molecule has 0 spiro atoms. The summed E-state index contributed by atoms with van der Waals surface area (Å²) in [6.07, 6.45) is 2.43. The van der Waals surface area contributed by atoms with Crippen LogP contribution in [0, 0.1) is 11.3 Å². The molecule has 3 heteroatoms.